The van der Waals surface area contributed by atoms with Crippen LogP contribution in [0, 0.1) is 0 Å². The largest absolute Gasteiger partial charge is 1.00 e. The summed E-state index contributed by atoms with van der Waals surface area (Å²) in [6.45, 7) is 8.90. The van der Waals surface area contributed by atoms with Crippen LogP contribution >= 0.6 is 23.2 Å². The van der Waals surface area contributed by atoms with Crippen molar-refractivity contribution in [2.24, 2.45) is 0 Å². The summed E-state index contributed by atoms with van der Waals surface area (Å²) < 4.78 is 2.53. The molecule has 15 heavy (non-hydrogen) atoms. The minimum absolute atomic E-state index is 0. The maximum Gasteiger partial charge on any atom is 0.208 e. The van der Waals surface area contributed by atoms with Crippen LogP contribution in [-0.2, 0) is 0 Å². The summed E-state index contributed by atoms with van der Waals surface area (Å²) in [5.41, 5.74) is 0. The molecule has 0 aliphatic carbocycles. The summed E-state index contributed by atoms with van der Waals surface area (Å²) >= 11 is 11.7. The molecule has 0 unspecified atom stereocenters. The minimum atomic E-state index is 0. The molecule has 2 rings (SSSR count). The molecule has 2 saturated heterocycles. The smallest absolute Gasteiger partial charge is 0.208 e. The molecule has 0 spiro atoms. The van der Waals surface area contributed by atoms with Gasteiger partial charge in [0.25, 0.3) is 0 Å². The molecule has 2 heterocycles. The van der Waals surface area contributed by atoms with Crippen molar-refractivity contribution in [3.05, 3.63) is 0 Å². The fraction of sp³-hybridized carbons (Fsp3) is 1.00. The highest BCUT2D eigenvalue weighted by molar-refractivity contribution is 6.18. The first kappa shape index (κ1) is 16.1. The van der Waals surface area contributed by atoms with Gasteiger partial charge in [0.1, 0.15) is 26.2 Å². The molecule has 0 atom stereocenters. The van der Waals surface area contributed by atoms with E-state index in [-0.39, 0.29) is 24.8 Å². The van der Waals surface area contributed by atoms with E-state index >= 15 is 0 Å². The van der Waals surface area contributed by atoms with E-state index in [2.05, 4.69) is 0 Å². The molecular weight excluding hydrogens is 278 g/mol. The zero-order valence-corrected chi connectivity index (χ0v) is 11.8. The number of hydrogen-bond acceptors (Lipinski definition) is 0. The zero-order chi connectivity index (χ0) is 9.36. The van der Waals surface area contributed by atoms with Gasteiger partial charge in [0.2, 0.25) is 6.67 Å². The topological polar surface area (TPSA) is 0 Å². The fourth-order valence-electron chi connectivity index (χ4n) is 2.94. The molecule has 2 aliphatic rings. The molecule has 2 bridgehead atoms. The lowest BCUT2D eigenvalue weighted by Crippen LogP contribution is -3.00. The SMILES string of the molecule is ClCC[N+]12CC[N+](CCCl)(CC1)C2.[Cl-].[Cl-]. The van der Waals surface area contributed by atoms with E-state index in [1.54, 1.807) is 0 Å². The number of quaternary nitrogens is 2. The number of alkyl halides is 2. The van der Waals surface area contributed by atoms with E-state index in [0.717, 1.165) is 24.8 Å². The third-order valence-electron chi connectivity index (χ3n) is 3.82. The number of piperazine rings is 1. The van der Waals surface area contributed by atoms with Gasteiger partial charge in [0.05, 0.1) is 24.8 Å². The first-order valence-electron chi connectivity index (χ1n) is 5.06. The number of halogens is 4. The van der Waals surface area contributed by atoms with Crippen LogP contribution in [0.2, 0.25) is 0 Å². The summed E-state index contributed by atoms with van der Waals surface area (Å²) in [6.07, 6.45) is 0. The van der Waals surface area contributed by atoms with Crippen molar-refractivity contribution in [1.29, 1.82) is 0 Å². The minimum Gasteiger partial charge on any atom is -1.00 e. The molecule has 0 amide bonds. The van der Waals surface area contributed by atoms with Gasteiger partial charge in [-0.2, -0.15) is 0 Å². The lowest BCUT2D eigenvalue weighted by Gasteiger charge is -2.26. The lowest BCUT2D eigenvalue weighted by atomic mass is 10.3. The Labute approximate surface area is 114 Å². The molecule has 92 valence electrons. The van der Waals surface area contributed by atoms with Gasteiger partial charge in [0, 0.05) is 0 Å². The van der Waals surface area contributed by atoms with Crippen LogP contribution < -0.4 is 24.8 Å². The summed E-state index contributed by atoms with van der Waals surface area (Å²) in [4.78, 5) is 0. The number of rotatable bonds is 4. The van der Waals surface area contributed by atoms with Gasteiger partial charge in [-0.05, 0) is 0 Å². The van der Waals surface area contributed by atoms with Crippen LogP contribution in [0.5, 0.6) is 0 Å². The van der Waals surface area contributed by atoms with Crippen LogP contribution in [0.1, 0.15) is 0 Å². The van der Waals surface area contributed by atoms with E-state index in [9.17, 15) is 0 Å². The number of fused-ring (bicyclic) bond motifs is 2. The highest BCUT2D eigenvalue weighted by Crippen LogP contribution is 2.31. The van der Waals surface area contributed by atoms with E-state index in [1.165, 1.54) is 41.8 Å². The Kier molecular flexibility index (Phi) is 6.57. The van der Waals surface area contributed by atoms with Gasteiger partial charge in [-0.1, -0.05) is 0 Å². The average Bonchev–Trinajstić information content (AvgIpc) is 2.61. The highest BCUT2D eigenvalue weighted by atomic mass is 35.5. The molecule has 0 N–H and O–H groups in total. The van der Waals surface area contributed by atoms with E-state index in [0.29, 0.717) is 0 Å². The third-order valence-corrected chi connectivity index (χ3v) is 4.15. The second-order valence-corrected chi connectivity index (χ2v) is 5.30. The Balaban J connectivity index is 0.000000980. The molecule has 0 aromatic rings. The molecule has 0 saturated carbocycles. The Morgan fingerprint density at radius 1 is 0.733 bits per heavy atom. The van der Waals surface area contributed by atoms with Crippen LogP contribution in [0.15, 0.2) is 0 Å². The monoisotopic (exact) mass is 294 g/mol. The number of nitrogens with zero attached hydrogens (tertiary/aromatic N) is 2. The molecule has 2 aliphatic heterocycles. The van der Waals surface area contributed by atoms with Crippen LogP contribution in [0.4, 0.5) is 0 Å². The Morgan fingerprint density at radius 3 is 1.33 bits per heavy atom. The first-order chi connectivity index (χ1) is 6.24. The summed E-state index contributed by atoms with van der Waals surface area (Å²) in [7, 11) is 0. The summed E-state index contributed by atoms with van der Waals surface area (Å²) in [5, 5.41) is 0. The van der Waals surface area contributed by atoms with E-state index in [4.69, 9.17) is 23.2 Å². The van der Waals surface area contributed by atoms with Crippen LogP contribution in [0.25, 0.3) is 0 Å². The predicted octanol–water partition coefficient (Wildman–Crippen LogP) is -4.91. The molecule has 0 aromatic heterocycles. The quantitative estimate of drug-likeness (QED) is 0.360. The van der Waals surface area contributed by atoms with Crippen molar-refractivity contribution < 1.29 is 33.8 Å². The standard InChI is InChI=1S/C9H18Cl2N2.2ClH/c10-1-3-12-5-7-13(9-12,4-2-11)8-6-12;;/h1-9H2;2*1H/q+2;;/p-2. The second-order valence-electron chi connectivity index (χ2n) is 4.54. The first-order valence-corrected chi connectivity index (χ1v) is 6.13. The normalized spacial score (nSPS) is 37.2. The lowest BCUT2D eigenvalue weighted by molar-refractivity contribution is -0.985. The highest BCUT2D eigenvalue weighted by Gasteiger charge is 2.54. The number of hydrogen-bond donors (Lipinski definition) is 0. The Morgan fingerprint density at radius 2 is 1.07 bits per heavy atom. The second kappa shape index (κ2) is 6.13. The maximum absolute atomic E-state index is 5.84. The van der Waals surface area contributed by atoms with Crippen molar-refractivity contribution in [2.45, 2.75) is 0 Å². The molecule has 6 heteroatoms. The van der Waals surface area contributed by atoms with Gasteiger partial charge >= 0.3 is 0 Å². The average molecular weight is 296 g/mol. The van der Waals surface area contributed by atoms with Gasteiger partial charge < -0.3 is 24.8 Å². The van der Waals surface area contributed by atoms with Crippen molar-refractivity contribution in [1.82, 2.24) is 0 Å². The predicted molar refractivity (Wildman–Crippen MR) is 56.0 cm³/mol. The van der Waals surface area contributed by atoms with E-state index < -0.39 is 0 Å². The maximum atomic E-state index is 5.84. The molecule has 0 radical (unpaired) electrons. The Bertz CT molecular complexity index is 173. The zero-order valence-electron chi connectivity index (χ0n) is 8.77. The van der Waals surface area contributed by atoms with Crippen molar-refractivity contribution in [2.75, 3.05) is 57.7 Å². The van der Waals surface area contributed by atoms with Gasteiger partial charge in [-0.15, -0.1) is 23.2 Å². The van der Waals surface area contributed by atoms with E-state index in [1.807, 2.05) is 0 Å². The van der Waals surface area contributed by atoms with Gasteiger partial charge in [-0.25, -0.2) is 0 Å². The molecule has 2 nitrogen and oxygen atoms in total. The molecular formula is C9H18Cl4N2. The fourth-order valence-corrected chi connectivity index (χ4v) is 3.66. The summed E-state index contributed by atoms with van der Waals surface area (Å²) in [6, 6.07) is 0. The molecule has 2 fully saturated rings. The van der Waals surface area contributed by atoms with Crippen LogP contribution in [-0.4, -0.2) is 66.7 Å². The third kappa shape index (κ3) is 3.05. The Hall–Kier alpha value is 1.08. The van der Waals surface area contributed by atoms with Gasteiger partial charge in [0.15, 0.2) is 0 Å². The van der Waals surface area contributed by atoms with Gasteiger partial charge in [-0.3, -0.25) is 8.97 Å². The van der Waals surface area contributed by atoms with Crippen molar-refractivity contribution in [3.8, 4) is 0 Å². The van der Waals surface area contributed by atoms with Crippen molar-refractivity contribution in [3.63, 3.8) is 0 Å². The van der Waals surface area contributed by atoms with Crippen LogP contribution in [0.3, 0.4) is 0 Å². The summed E-state index contributed by atoms with van der Waals surface area (Å²) in [5.74, 6) is 1.61. The van der Waals surface area contributed by atoms with Crippen molar-refractivity contribution >= 4 is 23.2 Å². The molecule has 0 aromatic carbocycles.